The number of carbonyl (C=O) groups is 1. The molecule has 13 heavy (non-hydrogen) atoms. The molecule has 3 heteroatoms. The number of amides is 1. The van der Waals surface area contributed by atoms with E-state index in [0.717, 1.165) is 19.0 Å². The molecule has 1 saturated carbocycles. The van der Waals surface area contributed by atoms with Crippen molar-refractivity contribution in [1.82, 2.24) is 10.2 Å². The zero-order chi connectivity index (χ0) is 9.26. The van der Waals surface area contributed by atoms with Crippen LogP contribution in [0.2, 0.25) is 0 Å². The Labute approximate surface area is 79.5 Å². The first-order valence-corrected chi connectivity index (χ1v) is 5.26. The molecular weight excluding hydrogens is 164 g/mol. The van der Waals surface area contributed by atoms with E-state index in [-0.39, 0.29) is 5.91 Å². The molecule has 0 spiro atoms. The van der Waals surface area contributed by atoms with Gasteiger partial charge in [0.25, 0.3) is 0 Å². The van der Waals surface area contributed by atoms with Crippen LogP contribution in [-0.4, -0.2) is 36.5 Å². The van der Waals surface area contributed by atoms with Gasteiger partial charge in [-0.2, -0.15) is 0 Å². The highest BCUT2D eigenvalue weighted by Gasteiger charge is 2.28. The Balaban J connectivity index is 1.79. The molecule has 1 N–H and O–H groups in total. The van der Waals surface area contributed by atoms with Gasteiger partial charge in [0.1, 0.15) is 0 Å². The van der Waals surface area contributed by atoms with Crippen molar-refractivity contribution in [2.75, 3.05) is 19.6 Å². The highest BCUT2D eigenvalue weighted by Crippen LogP contribution is 2.34. The van der Waals surface area contributed by atoms with Gasteiger partial charge in [-0.1, -0.05) is 12.8 Å². The van der Waals surface area contributed by atoms with Crippen molar-refractivity contribution in [2.24, 2.45) is 5.92 Å². The van der Waals surface area contributed by atoms with E-state index < -0.39 is 0 Å². The van der Waals surface area contributed by atoms with Gasteiger partial charge >= 0.3 is 0 Å². The maximum atomic E-state index is 11.1. The highest BCUT2D eigenvalue weighted by molar-refractivity contribution is 5.78. The quantitative estimate of drug-likeness (QED) is 0.693. The summed E-state index contributed by atoms with van der Waals surface area (Å²) in [7, 11) is 0. The lowest BCUT2D eigenvalue weighted by Crippen LogP contribution is -2.50. The molecule has 1 atom stereocenters. The van der Waals surface area contributed by atoms with Gasteiger partial charge < -0.3 is 5.32 Å². The molecule has 1 aliphatic heterocycles. The second-order valence-electron chi connectivity index (χ2n) is 4.35. The predicted molar refractivity (Wildman–Crippen MR) is 51.4 cm³/mol. The Bertz CT molecular complexity index is 201. The SMILES string of the molecule is CC(CC1CC1)N1CCNC(=O)C1. The summed E-state index contributed by atoms with van der Waals surface area (Å²) < 4.78 is 0. The Kier molecular flexibility index (Phi) is 2.54. The smallest absolute Gasteiger partial charge is 0.234 e. The van der Waals surface area contributed by atoms with Crippen molar-refractivity contribution < 1.29 is 4.79 Å². The zero-order valence-corrected chi connectivity index (χ0v) is 8.25. The molecule has 1 heterocycles. The first-order valence-electron chi connectivity index (χ1n) is 5.26. The average molecular weight is 182 g/mol. The van der Waals surface area contributed by atoms with Crippen LogP contribution in [0.25, 0.3) is 0 Å². The fourth-order valence-corrected chi connectivity index (χ4v) is 2.02. The molecule has 1 unspecified atom stereocenters. The van der Waals surface area contributed by atoms with E-state index >= 15 is 0 Å². The standard InChI is InChI=1S/C10H18N2O/c1-8(6-9-2-3-9)12-5-4-11-10(13)7-12/h8-9H,2-7H2,1H3,(H,11,13). The first kappa shape index (κ1) is 9.00. The number of nitrogens with zero attached hydrogens (tertiary/aromatic N) is 1. The van der Waals surface area contributed by atoms with E-state index in [0.29, 0.717) is 12.6 Å². The minimum absolute atomic E-state index is 0.189. The van der Waals surface area contributed by atoms with E-state index in [1.807, 2.05) is 0 Å². The predicted octanol–water partition coefficient (Wildman–Crippen LogP) is 0.607. The Morgan fingerprint density at radius 2 is 2.38 bits per heavy atom. The molecule has 0 aromatic rings. The first-order chi connectivity index (χ1) is 6.25. The molecule has 1 aliphatic carbocycles. The Morgan fingerprint density at radius 1 is 1.62 bits per heavy atom. The summed E-state index contributed by atoms with van der Waals surface area (Å²) in [4.78, 5) is 13.4. The topological polar surface area (TPSA) is 32.3 Å². The zero-order valence-electron chi connectivity index (χ0n) is 8.25. The number of hydrogen-bond donors (Lipinski definition) is 1. The van der Waals surface area contributed by atoms with Crippen LogP contribution in [0.4, 0.5) is 0 Å². The van der Waals surface area contributed by atoms with Crippen LogP contribution in [0.15, 0.2) is 0 Å². The van der Waals surface area contributed by atoms with Crippen molar-refractivity contribution in [2.45, 2.75) is 32.2 Å². The van der Waals surface area contributed by atoms with Crippen LogP contribution in [0.3, 0.4) is 0 Å². The van der Waals surface area contributed by atoms with E-state index in [9.17, 15) is 4.79 Å². The normalized spacial score (nSPS) is 27.0. The summed E-state index contributed by atoms with van der Waals surface area (Å²) in [6, 6.07) is 0.596. The van der Waals surface area contributed by atoms with Crippen LogP contribution >= 0.6 is 0 Å². The molecule has 0 aromatic heterocycles. The molecule has 2 aliphatic rings. The lowest BCUT2D eigenvalue weighted by molar-refractivity contribution is -0.124. The number of hydrogen-bond acceptors (Lipinski definition) is 2. The molecule has 3 nitrogen and oxygen atoms in total. The lowest BCUT2D eigenvalue weighted by Gasteiger charge is -2.32. The molecule has 2 rings (SSSR count). The van der Waals surface area contributed by atoms with E-state index in [1.54, 1.807) is 0 Å². The van der Waals surface area contributed by atoms with Crippen LogP contribution < -0.4 is 5.32 Å². The van der Waals surface area contributed by atoms with Gasteiger partial charge in [-0.25, -0.2) is 0 Å². The molecule has 2 fully saturated rings. The fraction of sp³-hybridized carbons (Fsp3) is 0.900. The van der Waals surface area contributed by atoms with Gasteiger partial charge in [-0.05, 0) is 19.3 Å². The summed E-state index contributed by atoms with van der Waals surface area (Å²) in [6.07, 6.45) is 4.10. The summed E-state index contributed by atoms with van der Waals surface area (Å²) in [5.41, 5.74) is 0. The van der Waals surface area contributed by atoms with Crippen molar-refractivity contribution in [3.8, 4) is 0 Å². The summed E-state index contributed by atoms with van der Waals surface area (Å²) >= 11 is 0. The minimum Gasteiger partial charge on any atom is -0.354 e. The third-order valence-corrected chi connectivity index (χ3v) is 3.06. The van der Waals surface area contributed by atoms with E-state index in [4.69, 9.17) is 0 Å². The number of piperazine rings is 1. The van der Waals surface area contributed by atoms with Crippen molar-refractivity contribution in [3.63, 3.8) is 0 Å². The second kappa shape index (κ2) is 3.66. The van der Waals surface area contributed by atoms with Gasteiger partial charge in [0.2, 0.25) is 5.91 Å². The van der Waals surface area contributed by atoms with Crippen molar-refractivity contribution >= 4 is 5.91 Å². The molecule has 0 radical (unpaired) electrons. The third kappa shape index (κ3) is 2.44. The summed E-state index contributed by atoms with van der Waals surface area (Å²) in [6.45, 7) is 4.71. The molecule has 1 saturated heterocycles. The lowest BCUT2D eigenvalue weighted by atomic mass is 10.1. The number of rotatable bonds is 3. The van der Waals surface area contributed by atoms with E-state index in [2.05, 4.69) is 17.1 Å². The highest BCUT2D eigenvalue weighted by atomic mass is 16.2. The monoisotopic (exact) mass is 182 g/mol. The third-order valence-electron chi connectivity index (χ3n) is 3.06. The Morgan fingerprint density at radius 3 is 3.00 bits per heavy atom. The minimum atomic E-state index is 0.189. The molecule has 0 aromatic carbocycles. The van der Waals surface area contributed by atoms with Gasteiger partial charge in [-0.3, -0.25) is 9.69 Å². The fourth-order valence-electron chi connectivity index (χ4n) is 2.02. The van der Waals surface area contributed by atoms with Crippen LogP contribution in [0.1, 0.15) is 26.2 Å². The van der Waals surface area contributed by atoms with Crippen molar-refractivity contribution in [1.29, 1.82) is 0 Å². The van der Waals surface area contributed by atoms with Crippen LogP contribution in [0.5, 0.6) is 0 Å². The maximum Gasteiger partial charge on any atom is 0.234 e. The molecule has 74 valence electrons. The molecule has 1 amide bonds. The van der Waals surface area contributed by atoms with Gasteiger partial charge in [-0.15, -0.1) is 0 Å². The summed E-state index contributed by atoms with van der Waals surface area (Å²) in [5.74, 6) is 1.15. The number of nitrogens with one attached hydrogen (secondary N) is 1. The molecular formula is C10H18N2O. The Hall–Kier alpha value is -0.570. The maximum absolute atomic E-state index is 11.1. The largest absolute Gasteiger partial charge is 0.354 e. The van der Waals surface area contributed by atoms with Gasteiger partial charge in [0.15, 0.2) is 0 Å². The van der Waals surface area contributed by atoms with Gasteiger partial charge in [0.05, 0.1) is 6.54 Å². The van der Waals surface area contributed by atoms with Crippen LogP contribution in [-0.2, 0) is 4.79 Å². The second-order valence-corrected chi connectivity index (χ2v) is 4.35. The number of carbonyl (C=O) groups excluding carboxylic acids is 1. The van der Waals surface area contributed by atoms with E-state index in [1.165, 1.54) is 19.3 Å². The van der Waals surface area contributed by atoms with Crippen LogP contribution in [0, 0.1) is 5.92 Å². The van der Waals surface area contributed by atoms with Crippen molar-refractivity contribution in [3.05, 3.63) is 0 Å². The van der Waals surface area contributed by atoms with Gasteiger partial charge in [0, 0.05) is 19.1 Å². The average Bonchev–Trinajstić information content (AvgIpc) is 2.88. The molecule has 0 bridgehead atoms. The summed E-state index contributed by atoms with van der Waals surface area (Å²) in [5, 5.41) is 2.86.